The Hall–Kier alpha value is -2.17. The Balaban J connectivity index is 1.40. The first-order valence-electron chi connectivity index (χ1n) is 9.58. The number of hydrogen-bond acceptors (Lipinski definition) is 2. The number of carbonyl (C=O) groups excluding carboxylic acids is 2. The zero-order valence-electron chi connectivity index (χ0n) is 15.0. The van der Waals surface area contributed by atoms with E-state index in [1.165, 1.54) is 25.0 Å². The second-order valence-corrected chi connectivity index (χ2v) is 7.94. The Labute approximate surface area is 153 Å². The van der Waals surface area contributed by atoms with E-state index in [1.807, 2.05) is 4.90 Å². The van der Waals surface area contributed by atoms with Gasteiger partial charge in [0.25, 0.3) is 0 Å². The van der Waals surface area contributed by atoms with Crippen LogP contribution >= 0.6 is 0 Å². The first kappa shape index (κ1) is 17.3. The Kier molecular flexibility index (Phi) is 4.55. The van der Waals surface area contributed by atoms with E-state index in [9.17, 15) is 14.0 Å². The molecule has 1 unspecified atom stereocenters. The second kappa shape index (κ2) is 6.86. The van der Waals surface area contributed by atoms with Crippen molar-refractivity contribution in [2.75, 3.05) is 13.1 Å². The fourth-order valence-corrected chi connectivity index (χ4v) is 4.28. The third-order valence-electron chi connectivity index (χ3n) is 5.93. The molecular formula is C21H25FN2O2. The molecule has 1 heterocycles. The highest BCUT2D eigenvalue weighted by atomic mass is 19.1. The van der Waals surface area contributed by atoms with Crippen molar-refractivity contribution in [3.05, 3.63) is 47.4 Å². The molecule has 1 aliphatic heterocycles. The maximum absolute atomic E-state index is 13.3. The molecule has 4 rings (SSSR count). The van der Waals surface area contributed by atoms with Crippen molar-refractivity contribution in [3.63, 3.8) is 0 Å². The van der Waals surface area contributed by atoms with Crippen molar-refractivity contribution in [3.8, 4) is 0 Å². The number of piperidine rings is 1. The number of fused-ring (bicyclic) bond motifs is 1. The average molecular weight is 356 g/mol. The molecule has 138 valence electrons. The SMILES string of the molecule is O=C(Cc1cccc(F)c1)NCC12CCC=C1N(CC1CC1)C(=O)CC2. The normalized spacial score (nSPS) is 25.0. The van der Waals surface area contributed by atoms with Crippen LogP contribution in [0.3, 0.4) is 0 Å². The molecule has 2 amide bonds. The van der Waals surface area contributed by atoms with Gasteiger partial charge in [0.1, 0.15) is 5.82 Å². The zero-order valence-corrected chi connectivity index (χ0v) is 15.0. The summed E-state index contributed by atoms with van der Waals surface area (Å²) in [7, 11) is 0. The fraction of sp³-hybridized carbons (Fsp3) is 0.524. The van der Waals surface area contributed by atoms with Gasteiger partial charge in [0.05, 0.1) is 6.42 Å². The third-order valence-corrected chi connectivity index (χ3v) is 5.93. The van der Waals surface area contributed by atoms with Crippen molar-refractivity contribution in [2.45, 2.75) is 44.9 Å². The van der Waals surface area contributed by atoms with Crippen LogP contribution < -0.4 is 5.32 Å². The summed E-state index contributed by atoms with van der Waals surface area (Å²) in [6.45, 7) is 1.39. The summed E-state index contributed by atoms with van der Waals surface area (Å²) in [6, 6.07) is 6.16. The monoisotopic (exact) mass is 356 g/mol. The predicted octanol–water partition coefficient (Wildman–Crippen LogP) is 3.18. The number of nitrogens with one attached hydrogen (secondary N) is 1. The van der Waals surface area contributed by atoms with Crippen LogP contribution in [0, 0.1) is 17.2 Å². The van der Waals surface area contributed by atoms with Gasteiger partial charge < -0.3 is 10.2 Å². The Morgan fingerprint density at radius 2 is 2.15 bits per heavy atom. The maximum Gasteiger partial charge on any atom is 0.226 e. The fourth-order valence-electron chi connectivity index (χ4n) is 4.28. The largest absolute Gasteiger partial charge is 0.355 e. The first-order valence-corrected chi connectivity index (χ1v) is 9.58. The summed E-state index contributed by atoms with van der Waals surface area (Å²) >= 11 is 0. The van der Waals surface area contributed by atoms with E-state index < -0.39 is 0 Å². The predicted molar refractivity (Wildman–Crippen MR) is 96.5 cm³/mol. The van der Waals surface area contributed by atoms with Crippen LogP contribution in [0.25, 0.3) is 0 Å². The van der Waals surface area contributed by atoms with E-state index in [4.69, 9.17) is 0 Å². The smallest absolute Gasteiger partial charge is 0.226 e. The highest BCUT2D eigenvalue weighted by Crippen LogP contribution is 2.48. The molecular weight excluding hydrogens is 331 g/mol. The lowest BCUT2D eigenvalue weighted by Gasteiger charge is -2.42. The lowest BCUT2D eigenvalue weighted by Crippen LogP contribution is -2.48. The van der Waals surface area contributed by atoms with Gasteiger partial charge in [-0.15, -0.1) is 0 Å². The van der Waals surface area contributed by atoms with Gasteiger partial charge in [0, 0.05) is 30.6 Å². The molecule has 0 radical (unpaired) electrons. The maximum atomic E-state index is 13.3. The Bertz CT molecular complexity index is 756. The summed E-state index contributed by atoms with van der Waals surface area (Å²) in [6.07, 6.45) is 8.11. The lowest BCUT2D eigenvalue weighted by molar-refractivity contribution is -0.133. The van der Waals surface area contributed by atoms with E-state index in [0.29, 0.717) is 24.4 Å². The van der Waals surface area contributed by atoms with E-state index in [1.54, 1.807) is 12.1 Å². The number of likely N-dealkylation sites (tertiary alicyclic amines) is 1. The minimum absolute atomic E-state index is 0.0955. The third kappa shape index (κ3) is 3.53. The van der Waals surface area contributed by atoms with Crippen LogP contribution in [-0.4, -0.2) is 29.8 Å². The van der Waals surface area contributed by atoms with Crippen LogP contribution in [0.5, 0.6) is 0 Å². The van der Waals surface area contributed by atoms with Gasteiger partial charge in [-0.3, -0.25) is 9.59 Å². The Morgan fingerprint density at radius 1 is 1.31 bits per heavy atom. The number of benzene rings is 1. The summed E-state index contributed by atoms with van der Waals surface area (Å²) in [5.74, 6) is 0.462. The molecule has 0 aromatic heterocycles. The van der Waals surface area contributed by atoms with E-state index in [-0.39, 0.29) is 29.5 Å². The molecule has 0 spiro atoms. The quantitative estimate of drug-likeness (QED) is 0.851. The molecule has 1 atom stereocenters. The van der Waals surface area contributed by atoms with Gasteiger partial charge in [0.2, 0.25) is 11.8 Å². The highest BCUT2D eigenvalue weighted by molar-refractivity contribution is 5.81. The van der Waals surface area contributed by atoms with Crippen LogP contribution in [0.4, 0.5) is 4.39 Å². The molecule has 1 N–H and O–H groups in total. The zero-order chi connectivity index (χ0) is 18.1. The van der Waals surface area contributed by atoms with Crippen molar-refractivity contribution < 1.29 is 14.0 Å². The number of allylic oxidation sites excluding steroid dienone is 1. The molecule has 0 bridgehead atoms. The molecule has 3 aliphatic rings. The average Bonchev–Trinajstić information content (AvgIpc) is 3.33. The van der Waals surface area contributed by atoms with Gasteiger partial charge in [-0.2, -0.15) is 0 Å². The minimum atomic E-state index is -0.323. The van der Waals surface area contributed by atoms with Gasteiger partial charge in [-0.05, 0) is 55.7 Å². The molecule has 1 aromatic rings. The van der Waals surface area contributed by atoms with Crippen LogP contribution in [0.15, 0.2) is 36.0 Å². The molecule has 1 saturated heterocycles. The number of rotatable bonds is 6. The standard InChI is InChI=1S/C21H25FN2O2/c22-17-4-1-3-16(11-17)12-19(25)23-14-21-9-2-5-18(21)24(13-15-6-7-15)20(26)8-10-21/h1,3-5,11,15H,2,6-10,12-14H2,(H,23,25). The second-order valence-electron chi connectivity index (χ2n) is 7.94. The van der Waals surface area contributed by atoms with E-state index in [2.05, 4.69) is 11.4 Å². The summed E-state index contributed by atoms with van der Waals surface area (Å²) in [5, 5.41) is 3.05. The van der Waals surface area contributed by atoms with Gasteiger partial charge in [0.15, 0.2) is 0 Å². The number of nitrogens with zero attached hydrogens (tertiary/aromatic N) is 1. The number of halogens is 1. The van der Waals surface area contributed by atoms with Crippen LogP contribution in [0.2, 0.25) is 0 Å². The van der Waals surface area contributed by atoms with Gasteiger partial charge in [-0.25, -0.2) is 4.39 Å². The molecule has 1 saturated carbocycles. The lowest BCUT2D eigenvalue weighted by atomic mass is 9.76. The van der Waals surface area contributed by atoms with Crippen LogP contribution in [0.1, 0.15) is 44.1 Å². The van der Waals surface area contributed by atoms with Crippen molar-refractivity contribution in [2.24, 2.45) is 11.3 Å². The number of carbonyl (C=O) groups is 2. The number of amides is 2. The van der Waals surface area contributed by atoms with Gasteiger partial charge >= 0.3 is 0 Å². The molecule has 5 heteroatoms. The summed E-state index contributed by atoms with van der Waals surface area (Å²) < 4.78 is 13.3. The molecule has 2 aliphatic carbocycles. The summed E-state index contributed by atoms with van der Waals surface area (Å²) in [5.41, 5.74) is 1.70. The van der Waals surface area contributed by atoms with Crippen molar-refractivity contribution >= 4 is 11.8 Å². The topological polar surface area (TPSA) is 49.4 Å². The van der Waals surface area contributed by atoms with Gasteiger partial charge in [-0.1, -0.05) is 18.2 Å². The van der Waals surface area contributed by atoms with E-state index >= 15 is 0 Å². The summed E-state index contributed by atoms with van der Waals surface area (Å²) in [4.78, 5) is 26.8. The Morgan fingerprint density at radius 3 is 2.92 bits per heavy atom. The molecule has 26 heavy (non-hydrogen) atoms. The first-order chi connectivity index (χ1) is 12.6. The van der Waals surface area contributed by atoms with Crippen LogP contribution in [-0.2, 0) is 16.0 Å². The number of hydrogen-bond donors (Lipinski definition) is 1. The molecule has 1 aromatic carbocycles. The highest BCUT2D eigenvalue weighted by Gasteiger charge is 2.46. The van der Waals surface area contributed by atoms with Crippen molar-refractivity contribution in [1.82, 2.24) is 10.2 Å². The van der Waals surface area contributed by atoms with E-state index in [0.717, 1.165) is 31.5 Å². The molecule has 4 nitrogen and oxygen atoms in total. The molecule has 2 fully saturated rings. The van der Waals surface area contributed by atoms with Crippen molar-refractivity contribution in [1.29, 1.82) is 0 Å². The minimum Gasteiger partial charge on any atom is -0.355 e.